The van der Waals surface area contributed by atoms with Gasteiger partial charge in [-0.3, -0.25) is 43.2 Å². The third-order valence-corrected chi connectivity index (χ3v) is 9.83. The van der Waals surface area contributed by atoms with Gasteiger partial charge in [0.25, 0.3) is 11.8 Å². The van der Waals surface area contributed by atoms with Crippen molar-refractivity contribution in [3.63, 3.8) is 0 Å². The Bertz CT molecular complexity index is 1500. The number of hydrogen-bond acceptors (Lipinski definition) is 15. The minimum Gasteiger partial charge on any atom is -0.465 e. The molecule has 2 atom stereocenters. The van der Waals surface area contributed by atoms with Gasteiger partial charge >= 0.3 is 35.8 Å². The van der Waals surface area contributed by atoms with Crippen LogP contribution in [0.1, 0.15) is 62.3 Å². The van der Waals surface area contributed by atoms with Crippen LogP contribution in [0.25, 0.3) is 0 Å². The Morgan fingerprint density at radius 1 is 0.528 bits per heavy atom. The third-order valence-electron chi connectivity index (χ3n) is 6.60. The van der Waals surface area contributed by atoms with Crippen LogP contribution in [0.3, 0.4) is 0 Å². The summed E-state index contributed by atoms with van der Waals surface area (Å²) in [6.45, 7) is 4.74. The number of carbonyl (C=O) groups excluding carboxylic acids is 9. The Hall–Kier alpha value is -3.36. The van der Waals surface area contributed by atoms with Crippen molar-refractivity contribution in [2.75, 3.05) is 58.9 Å². The number of ether oxygens (including phenoxy) is 6. The fraction of sp³-hybridized carbons (Fsp3) is 0.531. The van der Waals surface area contributed by atoms with Crippen molar-refractivity contribution in [3.05, 3.63) is 21.8 Å². The molecule has 0 aliphatic rings. The van der Waals surface area contributed by atoms with E-state index in [0.29, 0.717) is 0 Å². The largest absolute Gasteiger partial charge is 0.465 e. The molecule has 0 fully saturated rings. The molecule has 0 aromatic heterocycles. The van der Waals surface area contributed by atoms with Crippen molar-refractivity contribution in [1.29, 1.82) is 0 Å². The van der Waals surface area contributed by atoms with E-state index in [9.17, 15) is 43.2 Å². The molecule has 294 valence electrons. The quantitative estimate of drug-likeness (QED) is 0.126. The molecule has 18 nitrogen and oxygen atoms in total. The van der Waals surface area contributed by atoms with Gasteiger partial charge in [-0.1, -0.05) is 0 Å². The molecule has 0 bridgehead atoms. The zero-order valence-corrected chi connectivity index (χ0v) is 36.6. The van der Waals surface area contributed by atoms with Crippen molar-refractivity contribution in [1.82, 2.24) is 9.80 Å². The highest BCUT2D eigenvalue weighted by atomic mass is 127. The van der Waals surface area contributed by atoms with Crippen molar-refractivity contribution in [2.45, 2.75) is 53.8 Å². The molecule has 0 saturated heterocycles. The Balaban J connectivity index is 3.87. The monoisotopic (exact) mass is 1090 g/mol. The van der Waals surface area contributed by atoms with Gasteiger partial charge in [0.05, 0.1) is 37.0 Å². The summed E-state index contributed by atoms with van der Waals surface area (Å²) in [5, 5.41) is 2.69. The van der Waals surface area contributed by atoms with Gasteiger partial charge in [0.1, 0.15) is 32.3 Å². The van der Waals surface area contributed by atoms with Crippen LogP contribution < -0.4 is 5.32 Å². The summed E-state index contributed by atoms with van der Waals surface area (Å²) in [7, 11) is 2.77. The molecule has 1 N–H and O–H groups in total. The fourth-order valence-corrected chi connectivity index (χ4v) is 8.67. The van der Waals surface area contributed by atoms with E-state index in [1.165, 1.54) is 23.9 Å². The first-order chi connectivity index (χ1) is 24.6. The van der Waals surface area contributed by atoms with E-state index in [2.05, 4.69) is 5.32 Å². The number of anilines is 1. The maximum Gasteiger partial charge on any atom is 0.303 e. The van der Waals surface area contributed by atoms with Gasteiger partial charge in [-0.05, 0) is 67.8 Å². The molecule has 2 unspecified atom stereocenters. The second-order valence-electron chi connectivity index (χ2n) is 11.3. The number of esters is 6. The molecule has 1 rings (SSSR count). The summed E-state index contributed by atoms with van der Waals surface area (Å²) in [5.74, 6) is -7.43. The highest BCUT2D eigenvalue weighted by Gasteiger charge is 2.34. The van der Waals surface area contributed by atoms with Crippen LogP contribution in [0, 0.1) is 16.6 Å². The second kappa shape index (κ2) is 22.8. The lowest BCUT2D eigenvalue weighted by Crippen LogP contribution is -2.41. The van der Waals surface area contributed by atoms with Crippen molar-refractivity contribution in [3.8, 4) is 0 Å². The predicted octanol–water partition coefficient (Wildman–Crippen LogP) is 2.31. The first kappa shape index (κ1) is 47.7. The minimum atomic E-state index is -1.20. The predicted molar refractivity (Wildman–Crippen MR) is 208 cm³/mol. The molecule has 0 heterocycles. The topological polar surface area (TPSA) is 228 Å². The zero-order chi connectivity index (χ0) is 40.7. The summed E-state index contributed by atoms with van der Waals surface area (Å²) in [4.78, 5) is 114. The van der Waals surface area contributed by atoms with Crippen LogP contribution in [0.4, 0.5) is 5.69 Å². The van der Waals surface area contributed by atoms with Gasteiger partial charge in [-0.25, -0.2) is 0 Å². The van der Waals surface area contributed by atoms with Crippen molar-refractivity contribution in [2.24, 2.45) is 5.92 Å². The van der Waals surface area contributed by atoms with Crippen LogP contribution in [0.15, 0.2) is 0 Å². The molecule has 3 amide bonds. The van der Waals surface area contributed by atoms with Gasteiger partial charge in [0.2, 0.25) is 5.91 Å². The van der Waals surface area contributed by atoms with Crippen LogP contribution in [-0.4, -0.2) is 129 Å². The van der Waals surface area contributed by atoms with Crippen LogP contribution in [0.5, 0.6) is 0 Å². The van der Waals surface area contributed by atoms with Crippen molar-refractivity contribution < 1.29 is 71.6 Å². The summed E-state index contributed by atoms with van der Waals surface area (Å²) < 4.78 is 31.0. The first-order valence-electron chi connectivity index (χ1n) is 15.5. The van der Waals surface area contributed by atoms with E-state index in [1.54, 1.807) is 0 Å². The summed E-state index contributed by atoms with van der Waals surface area (Å²) >= 11 is 5.45. The van der Waals surface area contributed by atoms with Gasteiger partial charge in [-0.2, -0.15) is 0 Å². The smallest absolute Gasteiger partial charge is 0.303 e. The van der Waals surface area contributed by atoms with Gasteiger partial charge in [-0.15, -0.1) is 0 Å². The Morgan fingerprint density at radius 3 is 1.15 bits per heavy atom. The Morgan fingerprint density at radius 2 is 0.849 bits per heavy atom. The van der Waals surface area contributed by atoms with E-state index in [4.69, 9.17) is 28.4 Å². The number of nitrogens with one attached hydrogen (secondary N) is 1. The fourth-order valence-electron chi connectivity index (χ4n) is 4.31. The lowest BCUT2D eigenvalue weighted by molar-refractivity contribution is -0.156. The van der Waals surface area contributed by atoms with Gasteiger partial charge in [0, 0.05) is 59.2 Å². The number of rotatable bonds is 18. The number of likely N-dealkylation sites (N-methyl/N-ethyl adjacent to an activating group) is 2. The van der Waals surface area contributed by atoms with E-state index < -0.39 is 84.9 Å². The Labute approximate surface area is 346 Å². The van der Waals surface area contributed by atoms with Crippen molar-refractivity contribution >= 4 is 127 Å². The molecule has 1 aromatic rings. The summed E-state index contributed by atoms with van der Waals surface area (Å²) in [6.07, 6.45) is -2.12. The normalized spacial score (nSPS) is 11.7. The molecule has 0 spiro atoms. The molecular weight excluding hydrogens is 1050 g/mol. The second-order valence-corrected chi connectivity index (χ2v) is 14.5. The molecule has 0 aliphatic heterocycles. The molecular formula is C32H40I3N3O15. The van der Waals surface area contributed by atoms with Gasteiger partial charge < -0.3 is 43.5 Å². The van der Waals surface area contributed by atoms with E-state index in [0.717, 1.165) is 41.5 Å². The average molecular weight is 1090 g/mol. The van der Waals surface area contributed by atoms with E-state index >= 15 is 0 Å². The number of hydrogen-bond donors (Lipinski definition) is 1. The Kier molecular flexibility index (Phi) is 20.5. The molecule has 21 heteroatoms. The van der Waals surface area contributed by atoms with Crippen LogP contribution in [-0.2, 0) is 62.0 Å². The van der Waals surface area contributed by atoms with E-state index in [1.807, 2.05) is 67.8 Å². The lowest BCUT2D eigenvalue weighted by Gasteiger charge is -2.28. The molecule has 0 aliphatic carbocycles. The highest BCUT2D eigenvalue weighted by Crippen LogP contribution is 2.37. The minimum absolute atomic E-state index is 0.00802. The molecule has 53 heavy (non-hydrogen) atoms. The molecule has 0 saturated carbocycles. The number of amides is 3. The van der Waals surface area contributed by atoms with Gasteiger partial charge in [0.15, 0.2) is 12.2 Å². The summed E-state index contributed by atoms with van der Waals surface area (Å²) in [6, 6.07) is 0. The van der Waals surface area contributed by atoms with Crippen LogP contribution in [0.2, 0.25) is 0 Å². The highest BCUT2D eigenvalue weighted by molar-refractivity contribution is 14.1. The number of carbonyl (C=O) groups is 9. The number of benzene rings is 1. The summed E-state index contributed by atoms with van der Waals surface area (Å²) in [5.41, 5.74) is -0.0972. The van der Waals surface area contributed by atoms with E-state index in [-0.39, 0.29) is 53.8 Å². The zero-order valence-electron chi connectivity index (χ0n) is 30.1. The maximum absolute atomic E-state index is 14.2. The van der Waals surface area contributed by atoms with Crippen LogP contribution >= 0.6 is 67.8 Å². The standard InChI is InChI=1S/C32H40I3N3O15/c1-15(39)48-11-21(12-49-16(2)40)30(45)36-29-27(34)24(31(46)37(7)9-22(52-19(5)43)13-50-17(3)41)26(33)25(28(29)35)32(47)38(8)10-23(53-20(6)44)14-51-18(4)42/h21-23H,9-14H2,1-8H3,(H,36,45). The number of halogens is 3. The first-order valence-corrected chi connectivity index (χ1v) is 18.7. The molecule has 0 radical (unpaired) electrons. The molecule has 1 aromatic carbocycles. The third kappa shape index (κ3) is 16.3. The number of nitrogens with zero attached hydrogens (tertiary/aromatic N) is 2. The maximum atomic E-state index is 14.2. The average Bonchev–Trinajstić information content (AvgIpc) is 3.03. The SMILES string of the molecule is CC(=O)OCC(CN(C)C(=O)c1c(I)c(NC(=O)C(COC(C)=O)COC(C)=O)c(I)c(C(=O)N(C)CC(COC(C)=O)OC(C)=O)c1I)OC(C)=O. The lowest BCUT2D eigenvalue weighted by atomic mass is 10.1.